The van der Waals surface area contributed by atoms with E-state index in [1.54, 1.807) is 4.40 Å². The van der Waals surface area contributed by atoms with Crippen LogP contribution in [0.1, 0.15) is 0 Å². The lowest BCUT2D eigenvalue weighted by Gasteiger charge is -2.25. The molecule has 148 valence electrons. The molecule has 0 bridgehead atoms. The zero-order chi connectivity index (χ0) is 20.8. The van der Waals surface area contributed by atoms with Gasteiger partial charge in [-0.05, 0) is 54.6 Å². The Morgan fingerprint density at radius 1 is 0.710 bits per heavy atom. The molecule has 31 heavy (non-hydrogen) atoms. The van der Waals surface area contributed by atoms with E-state index in [-0.39, 0.29) is 5.56 Å². The van der Waals surface area contributed by atoms with E-state index in [0.717, 1.165) is 32.2 Å². The van der Waals surface area contributed by atoms with Crippen LogP contribution in [0.4, 0.5) is 17.1 Å². The Bertz CT molecular complexity index is 1560. The van der Waals surface area contributed by atoms with Gasteiger partial charge >= 0.3 is 0 Å². The molecule has 0 atom stereocenters. The predicted molar refractivity (Wildman–Crippen MR) is 129 cm³/mol. The van der Waals surface area contributed by atoms with Crippen molar-refractivity contribution in [3.8, 4) is 0 Å². The van der Waals surface area contributed by atoms with Crippen molar-refractivity contribution in [3.05, 3.63) is 113 Å². The fourth-order valence-corrected chi connectivity index (χ4v) is 5.02. The highest BCUT2D eigenvalue weighted by atomic mass is 32.1. The second-order valence-corrected chi connectivity index (χ2v) is 8.32. The molecule has 0 radical (unpaired) electrons. The number of fused-ring (bicyclic) bond motifs is 4. The average molecular weight is 420 g/mol. The van der Waals surface area contributed by atoms with Gasteiger partial charge in [-0.25, -0.2) is 4.98 Å². The van der Waals surface area contributed by atoms with Crippen LogP contribution < -0.4 is 10.5 Å². The van der Waals surface area contributed by atoms with Crippen LogP contribution in [0.5, 0.6) is 0 Å². The average Bonchev–Trinajstić information content (AvgIpc) is 3.20. The van der Waals surface area contributed by atoms with Crippen molar-refractivity contribution in [2.24, 2.45) is 0 Å². The Hall–Kier alpha value is -3.96. The molecule has 5 heteroatoms. The van der Waals surface area contributed by atoms with Gasteiger partial charge < -0.3 is 4.90 Å². The lowest BCUT2D eigenvalue weighted by molar-refractivity contribution is 1.16. The molecule has 4 nitrogen and oxygen atoms in total. The molecule has 0 N–H and O–H groups in total. The van der Waals surface area contributed by atoms with Crippen LogP contribution in [0.3, 0.4) is 0 Å². The number of thiazole rings is 1. The van der Waals surface area contributed by atoms with Crippen molar-refractivity contribution in [3.63, 3.8) is 0 Å². The first-order chi connectivity index (χ1) is 15.3. The molecule has 2 aromatic heterocycles. The van der Waals surface area contributed by atoms with Gasteiger partial charge in [0.25, 0.3) is 5.56 Å². The zero-order valence-electron chi connectivity index (χ0n) is 16.5. The molecule has 0 aliphatic rings. The Kier molecular flexibility index (Phi) is 4.08. The third-order valence-electron chi connectivity index (χ3n) is 5.42. The number of benzene rings is 4. The van der Waals surface area contributed by atoms with Gasteiger partial charge in [0, 0.05) is 17.1 Å². The summed E-state index contributed by atoms with van der Waals surface area (Å²) in [6.07, 6.45) is 0. The monoisotopic (exact) mass is 419 g/mol. The molecule has 0 saturated heterocycles. The van der Waals surface area contributed by atoms with Crippen molar-refractivity contribution in [2.75, 3.05) is 4.90 Å². The second kappa shape index (κ2) is 7.07. The second-order valence-electron chi connectivity index (χ2n) is 7.31. The summed E-state index contributed by atoms with van der Waals surface area (Å²) in [5, 5.41) is 0.607. The molecule has 0 spiro atoms. The lowest BCUT2D eigenvalue weighted by Crippen LogP contribution is -2.15. The number of aromatic nitrogens is 2. The van der Waals surface area contributed by atoms with Crippen LogP contribution >= 0.6 is 11.3 Å². The summed E-state index contributed by atoms with van der Waals surface area (Å²) >= 11 is 1.54. The van der Waals surface area contributed by atoms with E-state index in [0.29, 0.717) is 10.9 Å². The predicted octanol–water partition coefficient (Wildman–Crippen LogP) is 6.53. The first-order valence-electron chi connectivity index (χ1n) is 10.0. The van der Waals surface area contributed by atoms with Crippen molar-refractivity contribution in [1.29, 1.82) is 0 Å². The van der Waals surface area contributed by atoms with E-state index in [1.807, 2.05) is 78.9 Å². The molecule has 6 rings (SSSR count). The summed E-state index contributed by atoms with van der Waals surface area (Å²) in [6.45, 7) is 0. The normalized spacial score (nSPS) is 11.4. The Balaban J connectivity index is 1.63. The van der Waals surface area contributed by atoms with Crippen LogP contribution in [-0.4, -0.2) is 9.38 Å². The smallest absolute Gasteiger partial charge is 0.266 e. The number of hydrogen-bond acceptors (Lipinski definition) is 4. The first-order valence-corrected chi connectivity index (χ1v) is 10.9. The molecule has 4 aromatic carbocycles. The van der Waals surface area contributed by atoms with Gasteiger partial charge in [0.2, 0.25) is 0 Å². The quantitative estimate of drug-likeness (QED) is 0.327. The number of rotatable bonds is 3. The van der Waals surface area contributed by atoms with Crippen LogP contribution in [0.15, 0.2) is 108 Å². The van der Waals surface area contributed by atoms with Gasteiger partial charge in [-0.1, -0.05) is 59.9 Å². The summed E-state index contributed by atoms with van der Waals surface area (Å²) in [5.41, 5.74) is 4.55. The maximum absolute atomic E-state index is 13.5. The van der Waals surface area contributed by atoms with E-state index >= 15 is 0 Å². The zero-order valence-corrected chi connectivity index (χ0v) is 17.3. The first kappa shape index (κ1) is 17.9. The molecule has 0 aliphatic carbocycles. The van der Waals surface area contributed by atoms with Gasteiger partial charge in [0.15, 0.2) is 4.96 Å². The molecular weight excluding hydrogens is 402 g/mol. The van der Waals surface area contributed by atoms with Gasteiger partial charge in [-0.3, -0.25) is 9.20 Å². The van der Waals surface area contributed by atoms with Crippen molar-refractivity contribution >= 4 is 54.5 Å². The van der Waals surface area contributed by atoms with Gasteiger partial charge in [-0.15, -0.1) is 0 Å². The highest BCUT2D eigenvalue weighted by Gasteiger charge is 2.16. The van der Waals surface area contributed by atoms with E-state index in [9.17, 15) is 4.79 Å². The van der Waals surface area contributed by atoms with Gasteiger partial charge in [0.1, 0.15) is 0 Å². The van der Waals surface area contributed by atoms with Crippen LogP contribution in [0.2, 0.25) is 0 Å². The fourth-order valence-electron chi connectivity index (χ4n) is 4.00. The summed E-state index contributed by atoms with van der Waals surface area (Å²) in [5.74, 6) is 0. The minimum atomic E-state index is -0.0413. The van der Waals surface area contributed by atoms with Crippen LogP contribution in [0.25, 0.3) is 26.1 Å². The Morgan fingerprint density at radius 2 is 1.35 bits per heavy atom. The summed E-state index contributed by atoms with van der Waals surface area (Å²) in [7, 11) is 0. The molecule has 0 fully saturated rings. The summed E-state index contributed by atoms with van der Waals surface area (Å²) in [6, 6.07) is 34.2. The van der Waals surface area contributed by atoms with Gasteiger partial charge in [-0.2, -0.15) is 0 Å². The minimum Gasteiger partial charge on any atom is -0.310 e. The third-order valence-corrected chi connectivity index (χ3v) is 6.44. The summed E-state index contributed by atoms with van der Waals surface area (Å²) in [4.78, 5) is 21.2. The fraction of sp³-hybridized carbons (Fsp3) is 0. The number of anilines is 3. The molecule has 0 amide bonds. The number of para-hydroxylation sites is 3. The van der Waals surface area contributed by atoms with Crippen molar-refractivity contribution < 1.29 is 0 Å². The van der Waals surface area contributed by atoms with E-state index in [2.05, 4.69) is 29.2 Å². The number of hydrogen-bond donors (Lipinski definition) is 0. The van der Waals surface area contributed by atoms with Crippen LogP contribution in [0, 0.1) is 0 Å². The molecule has 2 heterocycles. The lowest BCUT2D eigenvalue weighted by atomic mass is 10.1. The Morgan fingerprint density at radius 3 is 2.06 bits per heavy atom. The largest absolute Gasteiger partial charge is 0.310 e. The Labute approximate surface area is 182 Å². The van der Waals surface area contributed by atoms with Crippen molar-refractivity contribution in [2.45, 2.75) is 0 Å². The van der Waals surface area contributed by atoms with E-state index < -0.39 is 0 Å². The molecule has 0 saturated carbocycles. The maximum Gasteiger partial charge on any atom is 0.266 e. The number of nitrogens with zero attached hydrogens (tertiary/aromatic N) is 3. The van der Waals surface area contributed by atoms with Crippen LogP contribution in [-0.2, 0) is 0 Å². The molecular formula is C26H17N3OS. The molecule has 6 aromatic rings. The standard InChI is InChI=1S/C26H17N3OS/c30-25-21-17-20(28(18-9-3-1-4-10-18)19-11-5-2-6-12-19)15-16-22(21)27-26-29(25)23-13-7-8-14-24(23)31-26/h1-17H. The minimum absolute atomic E-state index is 0.0413. The van der Waals surface area contributed by atoms with E-state index in [1.165, 1.54) is 11.3 Å². The van der Waals surface area contributed by atoms with Crippen molar-refractivity contribution in [1.82, 2.24) is 9.38 Å². The topological polar surface area (TPSA) is 37.6 Å². The highest BCUT2D eigenvalue weighted by Crippen LogP contribution is 2.35. The van der Waals surface area contributed by atoms with Gasteiger partial charge in [0.05, 0.1) is 21.1 Å². The maximum atomic E-state index is 13.5. The van der Waals surface area contributed by atoms with E-state index in [4.69, 9.17) is 4.98 Å². The highest BCUT2D eigenvalue weighted by molar-refractivity contribution is 7.23. The molecule has 0 aliphatic heterocycles. The summed E-state index contributed by atoms with van der Waals surface area (Å²) < 4.78 is 2.78. The molecule has 0 unspecified atom stereocenters. The SMILES string of the molecule is O=c1c2cc(N(c3ccccc3)c3ccccc3)ccc2nc2sc3ccccc3n12. The third kappa shape index (κ3) is 2.90.